The Balaban J connectivity index is 3.74. The van der Waals surface area contributed by atoms with Gasteiger partial charge in [-0.05, 0) is 51.4 Å². The average molecular weight is 640 g/mol. The van der Waals surface area contributed by atoms with Gasteiger partial charge in [-0.2, -0.15) is 0 Å². The molecule has 264 valence electrons. The molecule has 0 aromatic carbocycles. The Morgan fingerprint density at radius 1 is 0.543 bits per heavy atom. The molecule has 0 saturated carbocycles. The van der Waals surface area contributed by atoms with E-state index in [4.69, 9.17) is 0 Å². The second-order valence-electron chi connectivity index (χ2n) is 12.6. The lowest BCUT2D eigenvalue weighted by molar-refractivity contribution is -0.123. The van der Waals surface area contributed by atoms with Crippen LogP contribution >= 0.6 is 0 Å². The molecule has 3 N–H and O–H groups in total. The number of carbonyl (C=O) groups is 1. The molecule has 0 saturated heterocycles. The molecule has 0 aliphatic carbocycles. The molecular formula is C42H73NO3. The predicted molar refractivity (Wildman–Crippen MR) is 202 cm³/mol. The number of aliphatic hydroxyl groups is 2. The van der Waals surface area contributed by atoms with E-state index in [0.29, 0.717) is 19.3 Å². The highest BCUT2D eigenvalue weighted by Gasteiger charge is 2.19. The van der Waals surface area contributed by atoms with Crippen molar-refractivity contribution >= 4 is 5.91 Å². The minimum absolute atomic E-state index is 0.117. The van der Waals surface area contributed by atoms with E-state index in [9.17, 15) is 15.0 Å². The fourth-order valence-electron chi connectivity index (χ4n) is 5.32. The highest BCUT2D eigenvalue weighted by molar-refractivity contribution is 5.76. The van der Waals surface area contributed by atoms with Crippen LogP contribution < -0.4 is 5.32 Å². The Labute approximate surface area is 285 Å². The molecule has 46 heavy (non-hydrogen) atoms. The number of unbranched alkanes of at least 4 members (excludes halogenated alkanes) is 14. The lowest BCUT2D eigenvalue weighted by Gasteiger charge is -2.22. The molecule has 0 aliphatic heterocycles. The Hall–Kier alpha value is -2.17. The van der Waals surface area contributed by atoms with E-state index < -0.39 is 12.1 Å². The number of rotatable bonds is 33. The van der Waals surface area contributed by atoms with Gasteiger partial charge in [0.05, 0.1) is 18.8 Å². The van der Waals surface area contributed by atoms with E-state index >= 15 is 0 Å². The normalized spacial score (nSPS) is 13.9. The van der Waals surface area contributed by atoms with Crippen LogP contribution in [0.25, 0.3) is 0 Å². The van der Waals surface area contributed by atoms with E-state index in [2.05, 4.69) is 86.0 Å². The van der Waals surface area contributed by atoms with Gasteiger partial charge < -0.3 is 15.5 Å². The van der Waals surface area contributed by atoms with Gasteiger partial charge in [0.15, 0.2) is 0 Å². The number of allylic oxidation sites excluding steroid dienone is 12. The van der Waals surface area contributed by atoms with Crippen molar-refractivity contribution in [3.05, 3.63) is 72.9 Å². The van der Waals surface area contributed by atoms with Gasteiger partial charge in [-0.1, -0.05) is 183 Å². The summed E-state index contributed by atoms with van der Waals surface area (Å²) in [5.74, 6) is -0.117. The molecular weight excluding hydrogens is 566 g/mol. The molecule has 0 spiro atoms. The van der Waals surface area contributed by atoms with Gasteiger partial charge in [0.1, 0.15) is 0 Å². The summed E-state index contributed by atoms with van der Waals surface area (Å²) in [6, 6.07) is -0.579. The summed E-state index contributed by atoms with van der Waals surface area (Å²) in [6.45, 7) is 4.19. The Bertz CT molecular complexity index is 823. The lowest BCUT2D eigenvalue weighted by Crippen LogP contribution is -2.45. The van der Waals surface area contributed by atoms with Crippen molar-refractivity contribution in [2.24, 2.45) is 0 Å². The van der Waals surface area contributed by atoms with Crippen LogP contribution in [-0.4, -0.2) is 34.9 Å². The second kappa shape index (κ2) is 37.3. The van der Waals surface area contributed by atoms with Gasteiger partial charge >= 0.3 is 0 Å². The van der Waals surface area contributed by atoms with Crippen molar-refractivity contribution in [3.63, 3.8) is 0 Å². The van der Waals surface area contributed by atoms with Crippen molar-refractivity contribution in [2.45, 2.75) is 180 Å². The molecule has 0 bridgehead atoms. The molecule has 0 aromatic rings. The largest absolute Gasteiger partial charge is 0.394 e. The molecule has 4 heteroatoms. The highest BCUT2D eigenvalue weighted by Crippen LogP contribution is 2.15. The summed E-state index contributed by atoms with van der Waals surface area (Å²) >= 11 is 0. The fourth-order valence-corrected chi connectivity index (χ4v) is 5.32. The molecule has 1 amide bonds. The molecule has 2 unspecified atom stereocenters. The highest BCUT2D eigenvalue weighted by atomic mass is 16.3. The standard InChI is InChI=1S/C42H73NO3/c1-3-5-7-9-11-13-15-17-19-20-21-22-24-26-28-30-32-34-36-38-42(46)43-40(39-44)41(45)37-35-33-31-29-27-25-23-18-16-14-12-10-8-6-4-2/h5,7,11,13,17,19,21-22,26,28,32,34,40-41,44-45H,3-4,6,8-10,12,14-16,18,20,23-25,27,29-31,33,35-39H2,1-2H3,(H,43,46)/b7-5-,13-11-,19-17-,22-21-,28-26-,34-32-. The van der Waals surface area contributed by atoms with Crippen molar-refractivity contribution in [3.8, 4) is 0 Å². The van der Waals surface area contributed by atoms with Crippen LogP contribution in [0, 0.1) is 0 Å². The number of nitrogens with one attached hydrogen (secondary N) is 1. The number of amides is 1. The van der Waals surface area contributed by atoms with Crippen molar-refractivity contribution in [1.82, 2.24) is 5.32 Å². The smallest absolute Gasteiger partial charge is 0.220 e. The molecule has 2 atom stereocenters. The Morgan fingerprint density at radius 2 is 0.913 bits per heavy atom. The summed E-state index contributed by atoms with van der Waals surface area (Å²) in [7, 11) is 0. The molecule has 0 fully saturated rings. The number of hydrogen-bond donors (Lipinski definition) is 3. The zero-order valence-corrected chi connectivity index (χ0v) is 30.1. The fraction of sp³-hybridized carbons (Fsp3) is 0.690. The summed E-state index contributed by atoms with van der Waals surface area (Å²) in [5.41, 5.74) is 0. The van der Waals surface area contributed by atoms with E-state index in [1.165, 1.54) is 83.5 Å². The van der Waals surface area contributed by atoms with E-state index in [-0.39, 0.29) is 12.5 Å². The van der Waals surface area contributed by atoms with Crippen LogP contribution in [0.15, 0.2) is 72.9 Å². The van der Waals surface area contributed by atoms with Gasteiger partial charge in [-0.25, -0.2) is 0 Å². The average Bonchev–Trinajstić information content (AvgIpc) is 3.06. The van der Waals surface area contributed by atoms with Gasteiger partial charge in [-0.3, -0.25) is 4.79 Å². The summed E-state index contributed by atoms with van der Waals surface area (Å²) in [5, 5.41) is 23.0. The SMILES string of the molecule is CC/C=C\C/C=C\C/C=C\C/C=C\C/C=C\C/C=C\CCC(=O)NC(CO)C(O)CCCCCCCCCCCCCCCCC. The maximum atomic E-state index is 12.3. The Kier molecular flexibility index (Phi) is 35.5. The van der Waals surface area contributed by atoms with Crippen LogP contribution in [-0.2, 0) is 4.79 Å². The molecule has 0 radical (unpaired) electrons. The summed E-state index contributed by atoms with van der Waals surface area (Å²) < 4.78 is 0. The van der Waals surface area contributed by atoms with Crippen LogP contribution in [0.4, 0.5) is 0 Å². The molecule has 4 nitrogen and oxygen atoms in total. The Morgan fingerprint density at radius 3 is 1.30 bits per heavy atom. The van der Waals surface area contributed by atoms with Crippen molar-refractivity contribution < 1.29 is 15.0 Å². The minimum atomic E-state index is -0.693. The minimum Gasteiger partial charge on any atom is -0.394 e. The van der Waals surface area contributed by atoms with Crippen molar-refractivity contribution in [2.75, 3.05) is 6.61 Å². The third-order valence-electron chi connectivity index (χ3n) is 8.25. The third-order valence-corrected chi connectivity index (χ3v) is 8.25. The topological polar surface area (TPSA) is 69.6 Å². The van der Waals surface area contributed by atoms with Crippen LogP contribution in [0.2, 0.25) is 0 Å². The van der Waals surface area contributed by atoms with Gasteiger partial charge in [-0.15, -0.1) is 0 Å². The summed E-state index contributed by atoms with van der Waals surface area (Å²) in [6.07, 6.45) is 52.5. The van der Waals surface area contributed by atoms with Crippen molar-refractivity contribution in [1.29, 1.82) is 0 Å². The van der Waals surface area contributed by atoms with E-state index in [0.717, 1.165) is 51.4 Å². The molecule has 0 heterocycles. The maximum absolute atomic E-state index is 12.3. The number of hydrogen-bond acceptors (Lipinski definition) is 3. The lowest BCUT2D eigenvalue weighted by atomic mass is 10.0. The van der Waals surface area contributed by atoms with E-state index in [1.54, 1.807) is 0 Å². The summed E-state index contributed by atoms with van der Waals surface area (Å²) in [4.78, 5) is 12.3. The molecule has 0 rings (SSSR count). The van der Waals surface area contributed by atoms with Crippen LogP contribution in [0.1, 0.15) is 168 Å². The first kappa shape index (κ1) is 43.8. The van der Waals surface area contributed by atoms with Gasteiger partial charge in [0.2, 0.25) is 5.91 Å². The first-order chi connectivity index (χ1) is 22.7. The maximum Gasteiger partial charge on any atom is 0.220 e. The first-order valence-corrected chi connectivity index (χ1v) is 19.1. The van der Waals surface area contributed by atoms with Crippen LogP contribution in [0.3, 0.4) is 0 Å². The number of carbonyl (C=O) groups excluding carboxylic acids is 1. The molecule has 0 aromatic heterocycles. The zero-order chi connectivity index (χ0) is 33.6. The quantitative estimate of drug-likeness (QED) is 0.0494. The zero-order valence-electron chi connectivity index (χ0n) is 30.1. The third kappa shape index (κ3) is 33.2. The van der Waals surface area contributed by atoms with Gasteiger partial charge in [0.25, 0.3) is 0 Å². The predicted octanol–water partition coefficient (Wildman–Crippen LogP) is 11.6. The molecule has 0 aliphatic rings. The van der Waals surface area contributed by atoms with Gasteiger partial charge in [0, 0.05) is 6.42 Å². The number of aliphatic hydroxyl groups excluding tert-OH is 2. The second-order valence-corrected chi connectivity index (χ2v) is 12.6. The van der Waals surface area contributed by atoms with Crippen LogP contribution in [0.5, 0.6) is 0 Å². The first-order valence-electron chi connectivity index (χ1n) is 19.1. The van der Waals surface area contributed by atoms with E-state index in [1.807, 2.05) is 6.08 Å². The monoisotopic (exact) mass is 640 g/mol.